The van der Waals surface area contributed by atoms with Crippen LogP contribution in [0.15, 0.2) is 58.0 Å². The second-order valence-electron chi connectivity index (χ2n) is 4.22. The van der Waals surface area contributed by atoms with E-state index in [1.807, 2.05) is 35.0 Å². The number of nitrogens with zero attached hydrogens (tertiary/aromatic N) is 1. The molecule has 0 unspecified atom stereocenters. The van der Waals surface area contributed by atoms with Crippen LogP contribution in [0.3, 0.4) is 0 Å². The van der Waals surface area contributed by atoms with Crippen molar-refractivity contribution in [3.63, 3.8) is 0 Å². The summed E-state index contributed by atoms with van der Waals surface area (Å²) < 4.78 is 5.28. The fraction of sp³-hybridized carbons (Fsp3) is 0.0667. The first-order chi connectivity index (χ1) is 9.83. The zero-order chi connectivity index (χ0) is 13.8. The maximum Gasteiger partial charge on any atom is 0.252 e. The van der Waals surface area contributed by atoms with Crippen LogP contribution in [-0.2, 0) is 6.54 Å². The third kappa shape index (κ3) is 2.78. The van der Waals surface area contributed by atoms with Gasteiger partial charge in [-0.2, -0.15) is 11.3 Å². The van der Waals surface area contributed by atoms with E-state index in [1.54, 1.807) is 18.5 Å². The van der Waals surface area contributed by atoms with Crippen molar-refractivity contribution in [1.82, 2.24) is 10.3 Å². The van der Waals surface area contributed by atoms with Crippen LogP contribution in [0.5, 0.6) is 0 Å². The third-order valence-corrected chi connectivity index (χ3v) is 3.52. The van der Waals surface area contributed by atoms with Crippen LogP contribution in [0.2, 0.25) is 0 Å². The number of thiophene rings is 1. The molecule has 0 spiro atoms. The molecule has 3 aromatic heterocycles. The summed E-state index contributed by atoms with van der Waals surface area (Å²) in [5.41, 5.74) is 2.42. The highest BCUT2D eigenvalue weighted by atomic mass is 32.1. The van der Waals surface area contributed by atoms with Crippen molar-refractivity contribution < 1.29 is 9.21 Å². The summed E-state index contributed by atoms with van der Waals surface area (Å²) >= 11 is 1.51. The van der Waals surface area contributed by atoms with Crippen molar-refractivity contribution in [2.75, 3.05) is 0 Å². The maximum atomic E-state index is 11.8. The molecule has 1 amide bonds. The molecule has 5 heteroatoms. The van der Waals surface area contributed by atoms with Gasteiger partial charge in [0.1, 0.15) is 5.69 Å². The van der Waals surface area contributed by atoms with Gasteiger partial charge >= 0.3 is 0 Å². The van der Waals surface area contributed by atoms with Crippen LogP contribution in [0.25, 0.3) is 11.5 Å². The van der Waals surface area contributed by atoms with Crippen molar-refractivity contribution in [2.45, 2.75) is 6.54 Å². The Morgan fingerprint density at radius 1 is 1.30 bits per heavy atom. The zero-order valence-corrected chi connectivity index (χ0v) is 11.4. The molecule has 1 N–H and O–H groups in total. The van der Waals surface area contributed by atoms with Crippen LogP contribution in [-0.4, -0.2) is 10.9 Å². The van der Waals surface area contributed by atoms with E-state index in [2.05, 4.69) is 10.3 Å². The van der Waals surface area contributed by atoms with Gasteiger partial charge in [-0.3, -0.25) is 9.78 Å². The molecule has 0 saturated carbocycles. The van der Waals surface area contributed by atoms with Gasteiger partial charge in [0, 0.05) is 23.7 Å². The molecule has 3 rings (SSSR count). The van der Waals surface area contributed by atoms with Crippen LogP contribution < -0.4 is 5.32 Å². The number of rotatable bonds is 4. The Hall–Kier alpha value is -2.40. The first-order valence-electron chi connectivity index (χ1n) is 6.12. The Morgan fingerprint density at radius 3 is 2.90 bits per heavy atom. The molecule has 4 nitrogen and oxygen atoms in total. The molecule has 0 radical (unpaired) electrons. The molecule has 0 aliphatic carbocycles. The van der Waals surface area contributed by atoms with Gasteiger partial charge in [-0.15, -0.1) is 0 Å². The summed E-state index contributed by atoms with van der Waals surface area (Å²) in [4.78, 5) is 16.1. The summed E-state index contributed by atoms with van der Waals surface area (Å²) in [6.45, 7) is 0.458. The van der Waals surface area contributed by atoms with E-state index in [0.29, 0.717) is 12.1 Å². The molecule has 0 atom stereocenters. The van der Waals surface area contributed by atoms with E-state index in [-0.39, 0.29) is 5.91 Å². The lowest BCUT2D eigenvalue weighted by Gasteiger charge is -2.04. The monoisotopic (exact) mass is 284 g/mol. The molecular weight excluding hydrogens is 272 g/mol. The Kier molecular flexibility index (Phi) is 3.60. The first-order valence-corrected chi connectivity index (χ1v) is 7.06. The molecule has 100 valence electrons. The Morgan fingerprint density at radius 2 is 2.25 bits per heavy atom. The lowest BCUT2D eigenvalue weighted by atomic mass is 10.2. The predicted octanol–water partition coefficient (Wildman–Crippen LogP) is 3.33. The highest BCUT2D eigenvalue weighted by Gasteiger charge is 2.06. The van der Waals surface area contributed by atoms with Crippen LogP contribution in [0, 0.1) is 0 Å². The minimum absolute atomic E-state index is 0.0682. The number of nitrogens with one attached hydrogen (secondary N) is 1. The predicted molar refractivity (Wildman–Crippen MR) is 77.4 cm³/mol. The van der Waals surface area contributed by atoms with Crippen LogP contribution in [0.1, 0.15) is 15.9 Å². The molecule has 0 aliphatic heterocycles. The van der Waals surface area contributed by atoms with Crippen LogP contribution >= 0.6 is 11.3 Å². The molecule has 20 heavy (non-hydrogen) atoms. The van der Waals surface area contributed by atoms with Gasteiger partial charge in [0.15, 0.2) is 5.76 Å². The second-order valence-corrected chi connectivity index (χ2v) is 5.00. The molecule has 0 aliphatic rings. The number of aromatic nitrogens is 1. The fourth-order valence-corrected chi connectivity index (χ4v) is 2.41. The van der Waals surface area contributed by atoms with Gasteiger partial charge in [0.2, 0.25) is 0 Å². The largest absolute Gasteiger partial charge is 0.463 e. The average molecular weight is 284 g/mol. The summed E-state index contributed by atoms with van der Waals surface area (Å²) in [7, 11) is 0. The third-order valence-electron chi connectivity index (χ3n) is 2.83. The van der Waals surface area contributed by atoms with Crippen LogP contribution in [0.4, 0.5) is 0 Å². The van der Waals surface area contributed by atoms with Gasteiger partial charge < -0.3 is 9.73 Å². The van der Waals surface area contributed by atoms with E-state index in [4.69, 9.17) is 4.42 Å². The van der Waals surface area contributed by atoms with Crippen molar-refractivity contribution >= 4 is 17.2 Å². The Bertz CT molecular complexity index is 673. The van der Waals surface area contributed by atoms with E-state index < -0.39 is 0 Å². The summed E-state index contributed by atoms with van der Waals surface area (Å²) in [6.07, 6.45) is 3.36. The minimum Gasteiger partial charge on any atom is -0.463 e. The average Bonchev–Trinajstić information content (AvgIpc) is 3.18. The number of carbonyl (C=O) groups is 1. The summed E-state index contributed by atoms with van der Waals surface area (Å²) in [5.74, 6) is 0.667. The van der Waals surface area contributed by atoms with Gasteiger partial charge in [-0.1, -0.05) is 6.07 Å². The quantitative estimate of drug-likeness (QED) is 0.799. The van der Waals surface area contributed by atoms with Gasteiger partial charge in [0.25, 0.3) is 5.91 Å². The number of pyridine rings is 1. The molecule has 0 saturated heterocycles. The van der Waals surface area contributed by atoms with E-state index in [9.17, 15) is 4.79 Å². The standard InChI is InChI=1S/C15H12N2O2S/c18-15(12-5-7-20-10-12)17-9-11-3-4-13(16-8-11)14-2-1-6-19-14/h1-8,10H,9H2,(H,17,18). The van der Waals surface area contributed by atoms with Gasteiger partial charge in [-0.25, -0.2) is 0 Å². The number of carbonyl (C=O) groups excluding carboxylic acids is 1. The van der Waals surface area contributed by atoms with E-state index in [1.165, 1.54) is 11.3 Å². The molecule has 3 aromatic rings. The smallest absolute Gasteiger partial charge is 0.252 e. The number of hydrogen-bond acceptors (Lipinski definition) is 4. The molecule has 0 bridgehead atoms. The van der Waals surface area contributed by atoms with Crippen molar-refractivity contribution in [3.05, 3.63) is 64.7 Å². The fourth-order valence-electron chi connectivity index (χ4n) is 1.78. The van der Waals surface area contributed by atoms with Gasteiger partial charge in [0.05, 0.1) is 6.26 Å². The lowest BCUT2D eigenvalue weighted by molar-refractivity contribution is 0.0951. The van der Waals surface area contributed by atoms with Gasteiger partial charge in [-0.05, 0) is 35.2 Å². The lowest BCUT2D eigenvalue weighted by Crippen LogP contribution is -2.22. The summed E-state index contributed by atoms with van der Waals surface area (Å²) in [6, 6.07) is 9.30. The van der Waals surface area contributed by atoms with Crippen molar-refractivity contribution in [2.24, 2.45) is 0 Å². The Labute approximate surface area is 120 Å². The number of furan rings is 1. The molecule has 0 aromatic carbocycles. The summed E-state index contributed by atoms with van der Waals surface area (Å²) in [5, 5.41) is 6.57. The number of amides is 1. The Balaban J connectivity index is 1.63. The highest BCUT2D eigenvalue weighted by Crippen LogP contribution is 2.17. The van der Waals surface area contributed by atoms with E-state index in [0.717, 1.165) is 17.0 Å². The number of hydrogen-bond donors (Lipinski definition) is 1. The molecule has 3 heterocycles. The minimum atomic E-state index is -0.0682. The topological polar surface area (TPSA) is 55.1 Å². The first kappa shape index (κ1) is 12.6. The SMILES string of the molecule is O=C(NCc1ccc(-c2ccco2)nc1)c1ccsc1. The van der Waals surface area contributed by atoms with E-state index >= 15 is 0 Å². The maximum absolute atomic E-state index is 11.8. The van der Waals surface area contributed by atoms with Crippen molar-refractivity contribution in [3.8, 4) is 11.5 Å². The second kappa shape index (κ2) is 5.71. The molecular formula is C15H12N2O2S. The zero-order valence-electron chi connectivity index (χ0n) is 10.6. The highest BCUT2D eigenvalue weighted by molar-refractivity contribution is 7.08. The molecule has 0 fully saturated rings. The normalized spacial score (nSPS) is 10.4. The van der Waals surface area contributed by atoms with Crippen molar-refractivity contribution in [1.29, 1.82) is 0 Å².